The van der Waals surface area contributed by atoms with Crippen LogP contribution < -0.4 is 5.73 Å². The van der Waals surface area contributed by atoms with Gasteiger partial charge in [-0.2, -0.15) is 0 Å². The van der Waals surface area contributed by atoms with E-state index in [0.29, 0.717) is 23.7 Å². The molecule has 4 heteroatoms. The Morgan fingerprint density at radius 1 is 1.14 bits per heavy atom. The van der Waals surface area contributed by atoms with Gasteiger partial charge in [-0.1, -0.05) is 27.7 Å². The summed E-state index contributed by atoms with van der Waals surface area (Å²) in [5.74, 6) is 1.91. The van der Waals surface area contributed by atoms with E-state index < -0.39 is 0 Å². The van der Waals surface area contributed by atoms with Gasteiger partial charge in [0.25, 0.3) is 0 Å². The van der Waals surface area contributed by atoms with Crippen LogP contribution in [0.4, 0.5) is 0 Å². The van der Waals surface area contributed by atoms with E-state index in [-0.39, 0.29) is 12.0 Å². The Morgan fingerprint density at radius 3 is 2.29 bits per heavy atom. The molecule has 0 aromatic carbocycles. The maximum Gasteiger partial charge on any atom is 0.226 e. The lowest BCUT2D eigenvalue weighted by molar-refractivity contribution is -0.139. The topological polar surface area (TPSA) is 49.6 Å². The van der Waals surface area contributed by atoms with Crippen LogP contribution in [0.5, 0.6) is 0 Å². The molecule has 1 saturated carbocycles. The highest BCUT2D eigenvalue weighted by Gasteiger charge is 2.37. The molecule has 124 valence electrons. The fourth-order valence-corrected chi connectivity index (χ4v) is 3.31. The van der Waals surface area contributed by atoms with Crippen LogP contribution >= 0.6 is 0 Å². The molecule has 1 aliphatic carbocycles. The summed E-state index contributed by atoms with van der Waals surface area (Å²) in [6, 6.07) is 0.171. The molecule has 1 rings (SSSR count). The standard InChI is InChI=1S/C17H35N3O/c1-12(2)11-20(8-7-19(5)6)17(21)15-10-16(18)14(4)9-13(15)3/h12-16H,7-11,18H2,1-6H3. The SMILES string of the molecule is CC(C)CN(CCN(C)C)C(=O)C1CC(N)C(C)CC1C. The molecule has 4 atom stereocenters. The zero-order valence-electron chi connectivity index (χ0n) is 14.8. The number of carbonyl (C=O) groups excluding carboxylic acids is 1. The third-order valence-corrected chi connectivity index (χ3v) is 4.72. The van der Waals surface area contributed by atoms with Crippen molar-refractivity contribution in [2.75, 3.05) is 33.7 Å². The Hall–Kier alpha value is -0.610. The van der Waals surface area contributed by atoms with Crippen LogP contribution in [-0.2, 0) is 4.79 Å². The first-order valence-electron chi connectivity index (χ1n) is 8.41. The van der Waals surface area contributed by atoms with Gasteiger partial charge in [-0.3, -0.25) is 4.79 Å². The van der Waals surface area contributed by atoms with Gasteiger partial charge in [0.15, 0.2) is 0 Å². The number of amides is 1. The molecule has 1 aliphatic rings. The van der Waals surface area contributed by atoms with Crippen LogP contribution in [0.2, 0.25) is 0 Å². The zero-order valence-corrected chi connectivity index (χ0v) is 14.8. The molecule has 0 bridgehead atoms. The monoisotopic (exact) mass is 297 g/mol. The van der Waals surface area contributed by atoms with Gasteiger partial charge in [-0.05, 0) is 44.7 Å². The fraction of sp³-hybridized carbons (Fsp3) is 0.941. The summed E-state index contributed by atoms with van der Waals surface area (Å²) in [6.07, 6.45) is 1.92. The molecule has 0 aromatic heterocycles. The lowest BCUT2D eigenvalue weighted by atomic mass is 9.72. The first-order chi connectivity index (χ1) is 9.72. The Labute approximate surface area is 131 Å². The summed E-state index contributed by atoms with van der Waals surface area (Å²) in [6.45, 7) is 11.4. The first-order valence-corrected chi connectivity index (χ1v) is 8.41. The number of nitrogens with two attached hydrogens (primary N) is 1. The zero-order chi connectivity index (χ0) is 16.2. The van der Waals surface area contributed by atoms with Gasteiger partial charge in [-0.25, -0.2) is 0 Å². The first kappa shape index (κ1) is 18.4. The maximum atomic E-state index is 13.0. The van der Waals surface area contributed by atoms with Gasteiger partial charge in [0, 0.05) is 31.6 Å². The molecule has 4 nitrogen and oxygen atoms in total. The molecule has 21 heavy (non-hydrogen) atoms. The quantitative estimate of drug-likeness (QED) is 0.816. The van der Waals surface area contributed by atoms with Gasteiger partial charge in [0.1, 0.15) is 0 Å². The second kappa shape index (κ2) is 8.14. The highest BCUT2D eigenvalue weighted by Crippen LogP contribution is 2.34. The Bertz CT molecular complexity index is 330. The van der Waals surface area contributed by atoms with Crippen LogP contribution in [0, 0.1) is 23.7 Å². The largest absolute Gasteiger partial charge is 0.341 e. The van der Waals surface area contributed by atoms with E-state index >= 15 is 0 Å². The molecule has 0 radical (unpaired) electrons. The molecule has 1 fully saturated rings. The van der Waals surface area contributed by atoms with Gasteiger partial charge < -0.3 is 15.5 Å². The molecule has 0 heterocycles. The maximum absolute atomic E-state index is 13.0. The highest BCUT2D eigenvalue weighted by atomic mass is 16.2. The predicted molar refractivity (Wildman–Crippen MR) is 89.0 cm³/mol. The normalized spacial score (nSPS) is 30.0. The Kier molecular flexibility index (Phi) is 7.14. The average Bonchev–Trinajstić information content (AvgIpc) is 2.37. The summed E-state index contributed by atoms with van der Waals surface area (Å²) in [7, 11) is 4.11. The van der Waals surface area contributed by atoms with Gasteiger partial charge in [0.05, 0.1) is 0 Å². The highest BCUT2D eigenvalue weighted by molar-refractivity contribution is 5.79. The van der Waals surface area contributed by atoms with Crippen molar-refractivity contribution in [3.05, 3.63) is 0 Å². The molecular weight excluding hydrogens is 262 g/mol. The lowest BCUT2D eigenvalue weighted by Gasteiger charge is -2.39. The predicted octanol–water partition coefficient (Wildman–Crippen LogP) is 2.04. The minimum atomic E-state index is 0.108. The van der Waals surface area contributed by atoms with E-state index in [2.05, 4.69) is 51.6 Å². The number of carbonyl (C=O) groups is 1. The Balaban J connectivity index is 2.73. The summed E-state index contributed by atoms with van der Waals surface area (Å²) in [5, 5.41) is 0. The van der Waals surface area contributed by atoms with Gasteiger partial charge in [-0.15, -0.1) is 0 Å². The van der Waals surface area contributed by atoms with Crippen LogP contribution in [0.15, 0.2) is 0 Å². The minimum absolute atomic E-state index is 0.108. The van der Waals surface area contributed by atoms with Crippen LogP contribution in [0.1, 0.15) is 40.5 Å². The molecule has 0 spiro atoms. The molecule has 0 aromatic rings. The summed E-state index contributed by atoms with van der Waals surface area (Å²) in [4.78, 5) is 17.2. The van der Waals surface area contributed by atoms with E-state index in [4.69, 9.17) is 5.73 Å². The second-order valence-corrected chi connectivity index (χ2v) is 7.68. The molecule has 2 N–H and O–H groups in total. The van der Waals surface area contributed by atoms with Crippen molar-refractivity contribution in [1.82, 2.24) is 9.80 Å². The summed E-state index contributed by atoms with van der Waals surface area (Å²) >= 11 is 0. The second-order valence-electron chi connectivity index (χ2n) is 7.68. The number of nitrogens with zero attached hydrogens (tertiary/aromatic N) is 2. The van der Waals surface area contributed by atoms with Crippen LogP contribution in [0.3, 0.4) is 0 Å². The van der Waals surface area contributed by atoms with Crippen LogP contribution in [0.25, 0.3) is 0 Å². The molecule has 1 amide bonds. The van der Waals surface area contributed by atoms with Gasteiger partial charge >= 0.3 is 0 Å². The number of likely N-dealkylation sites (N-methyl/N-ethyl adjacent to an activating group) is 1. The molecule has 0 saturated heterocycles. The number of hydrogen-bond donors (Lipinski definition) is 1. The third-order valence-electron chi connectivity index (χ3n) is 4.72. The molecule has 4 unspecified atom stereocenters. The lowest BCUT2D eigenvalue weighted by Crippen LogP contribution is -2.48. The average molecular weight is 297 g/mol. The number of rotatable bonds is 6. The van der Waals surface area contributed by atoms with E-state index in [9.17, 15) is 4.79 Å². The third kappa shape index (κ3) is 5.59. The fourth-order valence-electron chi connectivity index (χ4n) is 3.31. The van der Waals surface area contributed by atoms with Crippen molar-refractivity contribution in [2.24, 2.45) is 29.4 Å². The van der Waals surface area contributed by atoms with Crippen molar-refractivity contribution in [2.45, 2.75) is 46.6 Å². The van der Waals surface area contributed by atoms with Gasteiger partial charge in [0.2, 0.25) is 5.91 Å². The van der Waals surface area contributed by atoms with Crippen molar-refractivity contribution >= 4 is 5.91 Å². The smallest absolute Gasteiger partial charge is 0.226 e. The van der Waals surface area contributed by atoms with Crippen molar-refractivity contribution in [3.8, 4) is 0 Å². The molecular formula is C17H35N3O. The van der Waals surface area contributed by atoms with E-state index in [1.807, 2.05) is 0 Å². The van der Waals surface area contributed by atoms with Crippen molar-refractivity contribution in [1.29, 1.82) is 0 Å². The Morgan fingerprint density at radius 2 is 1.76 bits per heavy atom. The number of hydrogen-bond acceptors (Lipinski definition) is 3. The van der Waals surface area contributed by atoms with Crippen LogP contribution in [-0.4, -0.2) is 55.5 Å². The van der Waals surface area contributed by atoms with Crippen molar-refractivity contribution < 1.29 is 4.79 Å². The van der Waals surface area contributed by atoms with E-state index in [1.54, 1.807) is 0 Å². The summed E-state index contributed by atoms with van der Waals surface area (Å²) in [5.41, 5.74) is 6.21. The van der Waals surface area contributed by atoms with E-state index in [0.717, 1.165) is 32.5 Å². The van der Waals surface area contributed by atoms with Crippen molar-refractivity contribution in [3.63, 3.8) is 0 Å². The molecule has 0 aliphatic heterocycles. The minimum Gasteiger partial charge on any atom is -0.341 e. The summed E-state index contributed by atoms with van der Waals surface area (Å²) < 4.78 is 0. The van der Waals surface area contributed by atoms with E-state index in [1.165, 1.54) is 0 Å².